The number of benzene rings is 2. The van der Waals surface area contributed by atoms with E-state index in [4.69, 9.17) is 4.98 Å². The molecule has 3 nitrogen and oxygen atoms in total. The molecule has 0 fully saturated rings. The smallest absolute Gasteiger partial charge is 0.196 e. The van der Waals surface area contributed by atoms with Crippen LogP contribution in [0.5, 0.6) is 0 Å². The van der Waals surface area contributed by atoms with Crippen molar-refractivity contribution in [1.29, 1.82) is 0 Å². The molecule has 0 aliphatic carbocycles. The summed E-state index contributed by atoms with van der Waals surface area (Å²) in [5, 5.41) is 5.87. The molecule has 1 N–H and O–H groups in total. The maximum Gasteiger partial charge on any atom is 0.196 e. The third-order valence-electron chi connectivity index (χ3n) is 3.96. The molecule has 0 bridgehead atoms. The van der Waals surface area contributed by atoms with Crippen LogP contribution in [-0.4, -0.2) is 11.5 Å². The Morgan fingerprint density at radius 1 is 1.04 bits per heavy atom. The zero-order valence-electron chi connectivity index (χ0n) is 12.8. The summed E-state index contributed by atoms with van der Waals surface area (Å²) in [6.45, 7) is 2.96. The first-order valence-electron chi connectivity index (χ1n) is 7.77. The lowest BCUT2D eigenvalue weighted by atomic mass is 10.1. The minimum atomic E-state index is 0.0903. The quantitative estimate of drug-likeness (QED) is 0.436. The number of para-hydroxylation sites is 1. The summed E-state index contributed by atoms with van der Waals surface area (Å²) >= 11 is 1.63. The van der Waals surface area contributed by atoms with Gasteiger partial charge in [-0.15, -0.1) is 11.3 Å². The highest BCUT2D eigenvalue weighted by molar-refractivity contribution is 7.25. The second kappa shape index (κ2) is 5.63. The standard InChI is InChI=1S/C19H16N2OS/c1-2-11-20-19-18-16(12-7-3-5-9-14(12)21-19)17(22)13-8-4-6-10-15(13)23-18/h3-10H,2,11H2,1H3,(H,20,21). The van der Waals surface area contributed by atoms with E-state index in [0.717, 1.165) is 49.9 Å². The van der Waals surface area contributed by atoms with Crippen LogP contribution < -0.4 is 10.7 Å². The molecule has 4 rings (SSSR count). The monoisotopic (exact) mass is 320 g/mol. The third kappa shape index (κ3) is 2.26. The number of fused-ring (bicyclic) bond motifs is 4. The van der Waals surface area contributed by atoms with Crippen molar-refractivity contribution >= 4 is 48.2 Å². The average molecular weight is 320 g/mol. The molecule has 0 radical (unpaired) electrons. The molecule has 0 saturated carbocycles. The first-order valence-corrected chi connectivity index (χ1v) is 8.59. The summed E-state index contributed by atoms with van der Waals surface area (Å²) in [5.41, 5.74) is 0.950. The van der Waals surface area contributed by atoms with E-state index < -0.39 is 0 Å². The Balaban J connectivity index is 2.22. The SMILES string of the molecule is CCCNc1nc2ccccc2c2c(=O)c3ccccc3sc12. The van der Waals surface area contributed by atoms with Crippen LogP contribution >= 0.6 is 11.3 Å². The highest BCUT2D eigenvalue weighted by atomic mass is 32.1. The Hall–Kier alpha value is -2.46. The van der Waals surface area contributed by atoms with E-state index in [-0.39, 0.29) is 5.43 Å². The van der Waals surface area contributed by atoms with Gasteiger partial charge in [0, 0.05) is 22.0 Å². The lowest BCUT2D eigenvalue weighted by molar-refractivity contribution is 0.974. The molecule has 4 aromatic rings. The van der Waals surface area contributed by atoms with Crippen LogP contribution in [0.3, 0.4) is 0 Å². The predicted molar refractivity (Wildman–Crippen MR) is 99.7 cm³/mol. The zero-order chi connectivity index (χ0) is 15.8. The van der Waals surface area contributed by atoms with Gasteiger partial charge in [0.15, 0.2) is 5.43 Å². The summed E-state index contributed by atoms with van der Waals surface area (Å²) in [6.07, 6.45) is 1.01. The van der Waals surface area contributed by atoms with E-state index in [1.807, 2.05) is 48.5 Å². The Kier molecular flexibility index (Phi) is 3.46. The molecule has 2 aromatic heterocycles. The van der Waals surface area contributed by atoms with Gasteiger partial charge in [-0.1, -0.05) is 37.3 Å². The summed E-state index contributed by atoms with van der Waals surface area (Å²) in [5.74, 6) is 0.813. The molecular formula is C19H16N2OS. The number of nitrogens with zero attached hydrogens (tertiary/aromatic N) is 1. The van der Waals surface area contributed by atoms with Crippen molar-refractivity contribution in [2.24, 2.45) is 0 Å². The number of hydrogen-bond donors (Lipinski definition) is 1. The first-order chi connectivity index (χ1) is 11.3. The fourth-order valence-electron chi connectivity index (χ4n) is 2.87. The molecule has 0 saturated heterocycles. The average Bonchev–Trinajstić information content (AvgIpc) is 2.59. The van der Waals surface area contributed by atoms with Gasteiger partial charge in [-0.05, 0) is 24.6 Å². The van der Waals surface area contributed by atoms with Gasteiger partial charge in [0.1, 0.15) is 5.82 Å². The molecule has 0 spiro atoms. The van der Waals surface area contributed by atoms with Crippen LogP contribution in [0.4, 0.5) is 5.82 Å². The van der Waals surface area contributed by atoms with Crippen LogP contribution in [0.2, 0.25) is 0 Å². The van der Waals surface area contributed by atoms with Crippen molar-refractivity contribution in [3.05, 3.63) is 58.8 Å². The van der Waals surface area contributed by atoms with Gasteiger partial charge in [0.05, 0.1) is 15.6 Å². The van der Waals surface area contributed by atoms with E-state index in [2.05, 4.69) is 12.2 Å². The molecule has 0 unspecified atom stereocenters. The van der Waals surface area contributed by atoms with Crippen molar-refractivity contribution in [3.8, 4) is 0 Å². The molecule has 0 aliphatic heterocycles. The van der Waals surface area contributed by atoms with Crippen LogP contribution in [0.15, 0.2) is 53.3 Å². The summed E-state index contributed by atoms with van der Waals surface area (Å²) in [7, 11) is 0. The topological polar surface area (TPSA) is 42.0 Å². The van der Waals surface area contributed by atoms with Gasteiger partial charge in [-0.3, -0.25) is 4.79 Å². The van der Waals surface area contributed by atoms with Gasteiger partial charge in [0.2, 0.25) is 0 Å². The van der Waals surface area contributed by atoms with E-state index in [1.165, 1.54) is 0 Å². The number of pyridine rings is 1. The molecule has 2 heterocycles. The third-order valence-corrected chi connectivity index (χ3v) is 5.14. The van der Waals surface area contributed by atoms with Gasteiger partial charge in [-0.25, -0.2) is 4.98 Å². The van der Waals surface area contributed by atoms with Gasteiger partial charge >= 0.3 is 0 Å². The number of nitrogens with one attached hydrogen (secondary N) is 1. The molecule has 0 atom stereocenters. The molecule has 2 aromatic carbocycles. The number of aromatic nitrogens is 1. The number of anilines is 1. The second-order valence-electron chi connectivity index (χ2n) is 5.54. The maximum absolute atomic E-state index is 13.1. The van der Waals surface area contributed by atoms with Crippen molar-refractivity contribution in [1.82, 2.24) is 4.98 Å². The van der Waals surface area contributed by atoms with Crippen LogP contribution in [0, 0.1) is 0 Å². The van der Waals surface area contributed by atoms with Crippen molar-refractivity contribution in [3.63, 3.8) is 0 Å². The second-order valence-corrected chi connectivity index (χ2v) is 6.59. The molecular weight excluding hydrogens is 304 g/mol. The summed E-state index contributed by atoms with van der Waals surface area (Å²) in [4.78, 5) is 17.8. The predicted octanol–water partition coefficient (Wildman–Crippen LogP) is 4.78. The molecule has 23 heavy (non-hydrogen) atoms. The van der Waals surface area contributed by atoms with E-state index >= 15 is 0 Å². The largest absolute Gasteiger partial charge is 0.369 e. The van der Waals surface area contributed by atoms with Crippen LogP contribution in [0.25, 0.3) is 31.1 Å². The molecule has 114 valence electrons. The first kappa shape index (κ1) is 14.2. The normalized spacial score (nSPS) is 11.3. The van der Waals surface area contributed by atoms with E-state index in [0.29, 0.717) is 0 Å². The summed E-state index contributed by atoms with van der Waals surface area (Å²) < 4.78 is 1.95. The van der Waals surface area contributed by atoms with Gasteiger partial charge in [-0.2, -0.15) is 0 Å². The highest BCUT2D eigenvalue weighted by Gasteiger charge is 2.14. The molecule has 0 aliphatic rings. The number of hydrogen-bond acceptors (Lipinski definition) is 4. The fraction of sp³-hybridized carbons (Fsp3) is 0.158. The molecule has 0 amide bonds. The molecule has 4 heteroatoms. The zero-order valence-corrected chi connectivity index (χ0v) is 13.6. The lowest BCUT2D eigenvalue weighted by Gasteiger charge is -2.11. The Bertz CT molecular complexity index is 1090. The van der Waals surface area contributed by atoms with E-state index in [9.17, 15) is 4.79 Å². The van der Waals surface area contributed by atoms with Crippen LogP contribution in [-0.2, 0) is 0 Å². The Labute approximate surface area is 137 Å². The van der Waals surface area contributed by atoms with Crippen molar-refractivity contribution < 1.29 is 0 Å². The van der Waals surface area contributed by atoms with Crippen LogP contribution in [0.1, 0.15) is 13.3 Å². The van der Waals surface area contributed by atoms with Crippen molar-refractivity contribution in [2.45, 2.75) is 13.3 Å². The lowest BCUT2D eigenvalue weighted by Crippen LogP contribution is -2.07. The van der Waals surface area contributed by atoms with E-state index in [1.54, 1.807) is 11.3 Å². The highest BCUT2D eigenvalue weighted by Crippen LogP contribution is 2.33. The van der Waals surface area contributed by atoms with Crippen molar-refractivity contribution in [2.75, 3.05) is 11.9 Å². The van der Waals surface area contributed by atoms with Gasteiger partial charge < -0.3 is 5.32 Å². The summed E-state index contributed by atoms with van der Waals surface area (Å²) in [6, 6.07) is 15.7. The van der Waals surface area contributed by atoms with Gasteiger partial charge in [0.25, 0.3) is 0 Å². The minimum Gasteiger partial charge on any atom is -0.369 e. The Morgan fingerprint density at radius 2 is 1.78 bits per heavy atom. The minimum absolute atomic E-state index is 0.0903. The fourth-order valence-corrected chi connectivity index (χ4v) is 4.03. The maximum atomic E-state index is 13.1. The number of rotatable bonds is 3. The Morgan fingerprint density at radius 3 is 2.61 bits per heavy atom.